The summed E-state index contributed by atoms with van der Waals surface area (Å²) in [5.41, 5.74) is 0.213. The van der Waals surface area contributed by atoms with Crippen LogP contribution in [0.2, 0.25) is 0 Å². The molecular weight excluding hydrogens is 347 g/mol. The van der Waals surface area contributed by atoms with Crippen molar-refractivity contribution < 1.29 is 47.9 Å². The number of aliphatic hydroxyl groups excluding tert-OH is 2. The van der Waals surface area contributed by atoms with Gasteiger partial charge in [-0.05, 0) is 34.6 Å². The van der Waals surface area contributed by atoms with Crippen LogP contribution in [0.1, 0.15) is 11.1 Å². The van der Waals surface area contributed by atoms with Crippen LogP contribution in [0, 0.1) is 0 Å². The van der Waals surface area contributed by atoms with Gasteiger partial charge in [-0.25, -0.2) is 0 Å². The number of rotatable bonds is 2. The Labute approximate surface area is 141 Å². The van der Waals surface area contributed by atoms with Crippen molar-refractivity contribution in [1.82, 2.24) is 0 Å². The van der Waals surface area contributed by atoms with Crippen LogP contribution in [0.15, 0.2) is 58.8 Å². The predicted octanol–water partition coefficient (Wildman–Crippen LogP) is 2.17. The number of hydrogen-bond donors (Lipinski definition) is 6. The number of aromatic hydroxyl groups is 2. The molecule has 0 spiro atoms. The van der Waals surface area contributed by atoms with E-state index in [0.717, 1.165) is 0 Å². The van der Waals surface area contributed by atoms with Crippen LogP contribution >= 0.6 is 0 Å². The average Bonchev–Trinajstić information content (AvgIpc) is 2.55. The Morgan fingerprint density at radius 1 is 0.652 bits per heavy atom. The number of benzene rings is 2. The van der Waals surface area contributed by atoms with E-state index in [9.17, 15) is 0 Å². The number of hydrogen-bond acceptors (Lipinski definition) is 6. The third kappa shape index (κ3) is 5.77. The van der Waals surface area contributed by atoms with Gasteiger partial charge in [-0.3, -0.25) is 0 Å². The molecular formula is C14H14MnN2O6. The summed E-state index contributed by atoms with van der Waals surface area (Å²) in [6.45, 7) is 0. The van der Waals surface area contributed by atoms with Crippen LogP contribution in [-0.2, 0) is 17.1 Å². The van der Waals surface area contributed by atoms with Gasteiger partial charge >= 0.3 is 0 Å². The molecule has 8 nitrogen and oxygen atoms in total. The number of para-hydroxylation sites is 2. The molecule has 23 heavy (non-hydrogen) atoms. The third-order valence-corrected chi connectivity index (χ3v) is 2.48. The largest absolute Gasteiger partial charge is 0.507 e. The summed E-state index contributed by atoms with van der Waals surface area (Å²) in [5.74, 6) is -1.43. The van der Waals surface area contributed by atoms with Crippen molar-refractivity contribution in [3.05, 3.63) is 59.7 Å². The van der Waals surface area contributed by atoms with Gasteiger partial charge in [-0.1, -0.05) is 24.3 Å². The fourth-order valence-electron chi connectivity index (χ4n) is 1.43. The van der Waals surface area contributed by atoms with E-state index in [4.69, 9.17) is 30.8 Å². The Kier molecular flexibility index (Phi) is 8.68. The normalized spacial score (nSPS) is 11.0. The Morgan fingerprint density at radius 3 is 1.22 bits per heavy atom. The first-order valence-corrected chi connectivity index (χ1v) is 5.90. The van der Waals surface area contributed by atoms with Crippen molar-refractivity contribution in [2.75, 3.05) is 0 Å². The number of phenolic OH excluding ortho intramolecular Hbond substituents is 2. The molecule has 123 valence electrons. The average molecular weight is 361 g/mol. The number of phenols is 2. The van der Waals surface area contributed by atoms with Gasteiger partial charge < -0.3 is 30.8 Å². The molecule has 6 N–H and O–H groups in total. The quantitative estimate of drug-likeness (QED) is 0.159. The van der Waals surface area contributed by atoms with Crippen LogP contribution in [-0.4, -0.2) is 42.6 Å². The second kappa shape index (κ2) is 9.93. The van der Waals surface area contributed by atoms with E-state index < -0.39 is 11.8 Å². The minimum Gasteiger partial charge on any atom is -0.507 e. The van der Waals surface area contributed by atoms with Crippen LogP contribution in [0.25, 0.3) is 0 Å². The number of oxime groups is 2. The van der Waals surface area contributed by atoms with Gasteiger partial charge in [0.15, 0.2) is 0 Å². The second-order valence-electron chi connectivity index (χ2n) is 3.88. The van der Waals surface area contributed by atoms with Crippen molar-refractivity contribution >= 4 is 11.8 Å². The molecule has 0 aliphatic carbocycles. The molecule has 0 atom stereocenters. The maximum absolute atomic E-state index is 9.06. The Balaban J connectivity index is 0.000000403. The topological polar surface area (TPSA) is 146 Å². The first kappa shape index (κ1) is 20.1. The summed E-state index contributed by atoms with van der Waals surface area (Å²) in [6, 6.07) is 12.1. The van der Waals surface area contributed by atoms with Crippen LogP contribution < -0.4 is 0 Å². The molecule has 9 heteroatoms. The van der Waals surface area contributed by atoms with Gasteiger partial charge in [-0.15, -0.1) is 0 Å². The summed E-state index contributed by atoms with van der Waals surface area (Å²) >= 11 is 0. The van der Waals surface area contributed by atoms with Gasteiger partial charge in [0, 0.05) is 17.1 Å². The molecule has 2 rings (SSSR count). The molecule has 0 saturated carbocycles. The van der Waals surface area contributed by atoms with Gasteiger partial charge in [0.25, 0.3) is 11.8 Å². The zero-order valence-corrected chi connectivity index (χ0v) is 12.8. The molecule has 0 fully saturated rings. The second-order valence-corrected chi connectivity index (χ2v) is 3.88. The Morgan fingerprint density at radius 2 is 0.957 bits per heavy atom. The summed E-state index contributed by atoms with van der Waals surface area (Å²) in [7, 11) is 0. The van der Waals surface area contributed by atoms with Gasteiger partial charge in [-0.2, -0.15) is 0 Å². The monoisotopic (exact) mass is 361 g/mol. The van der Waals surface area contributed by atoms with E-state index in [-0.39, 0.29) is 39.7 Å². The van der Waals surface area contributed by atoms with E-state index in [1.807, 2.05) is 0 Å². The fraction of sp³-hybridized carbons (Fsp3) is 0. The minimum atomic E-state index is -0.594. The summed E-state index contributed by atoms with van der Waals surface area (Å²) < 4.78 is 0. The van der Waals surface area contributed by atoms with Crippen LogP contribution in [0.3, 0.4) is 0 Å². The molecule has 0 heterocycles. The van der Waals surface area contributed by atoms with Gasteiger partial charge in [0.05, 0.1) is 11.1 Å². The molecule has 0 bridgehead atoms. The molecule has 0 aliphatic heterocycles. The molecule has 0 unspecified atom stereocenters. The van der Waals surface area contributed by atoms with E-state index in [1.54, 1.807) is 24.3 Å². The number of nitrogens with zero attached hydrogens (tertiary/aromatic N) is 2. The van der Waals surface area contributed by atoms with Crippen molar-refractivity contribution in [3.63, 3.8) is 0 Å². The third-order valence-electron chi connectivity index (χ3n) is 2.48. The molecule has 2 aromatic rings. The van der Waals surface area contributed by atoms with Crippen molar-refractivity contribution in [2.45, 2.75) is 0 Å². The maximum Gasteiger partial charge on any atom is 0.258 e. The van der Waals surface area contributed by atoms with E-state index >= 15 is 0 Å². The molecule has 0 aliphatic rings. The molecule has 0 aromatic heterocycles. The summed E-state index contributed by atoms with van der Waals surface area (Å²) in [5, 5.41) is 57.2. The maximum atomic E-state index is 9.06. The van der Waals surface area contributed by atoms with E-state index in [0.29, 0.717) is 0 Å². The van der Waals surface area contributed by atoms with Crippen molar-refractivity contribution in [3.8, 4) is 11.5 Å². The minimum absolute atomic E-state index is 0. The summed E-state index contributed by atoms with van der Waals surface area (Å²) in [6.07, 6.45) is 0. The SMILES string of the molecule is ON=C(O)c1ccccc1O.ON=C(O)c1ccccc1O.[Mn]. The molecule has 0 amide bonds. The van der Waals surface area contributed by atoms with Crippen molar-refractivity contribution in [2.24, 2.45) is 10.3 Å². The van der Waals surface area contributed by atoms with Crippen molar-refractivity contribution in [1.29, 1.82) is 0 Å². The smallest absolute Gasteiger partial charge is 0.258 e. The van der Waals surface area contributed by atoms with Crippen LogP contribution in [0.4, 0.5) is 0 Å². The Hall–Kier alpha value is -2.90. The Bertz CT molecular complexity index is 631. The van der Waals surface area contributed by atoms with E-state index in [2.05, 4.69) is 10.3 Å². The van der Waals surface area contributed by atoms with Gasteiger partial charge in [0.2, 0.25) is 0 Å². The standard InChI is InChI=1S/2C7H7NO3.Mn/c2*9-6-4-2-1-3-5(6)7(10)8-11;/h2*1-4,9,11H,(H,8,10);. The van der Waals surface area contributed by atoms with Gasteiger partial charge in [0.1, 0.15) is 11.5 Å². The first-order chi connectivity index (χ1) is 10.5. The molecule has 0 saturated heterocycles. The predicted molar refractivity (Wildman–Crippen MR) is 78.1 cm³/mol. The molecule has 2 aromatic carbocycles. The zero-order chi connectivity index (χ0) is 16.5. The zero-order valence-electron chi connectivity index (χ0n) is 11.6. The van der Waals surface area contributed by atoms with E-state index in [1.165, 1.54) is 24.3 Å². The van der Waals surface area contributed by atoms with Crippen LogP contribution in [0.5, 0.6) is 11.5 Å². The summed E-state index contributed by atoms with van der Waals surface area (Å²) in [4.78, 5) is 0. The fourth-order valence-corrected chi connectivity index (χ4v) is 1.43. The number of aliphatic hydroxyl groups is 2. The first-order valence-electron chi connectivity index (χ1n) is 5.90. The molecule has 1 radical (unpaired) electrons.